The highest BCUT2D eigenvalue weighted by molar-refractivity contribution is 6.30. The van der Waals surface area contributed by atoms with Crippen LogP contribution >= 0.6 is 11.6 Å². The molecule has 130 valence electrons. The zero-order valence-corrected chi connectivity index (χ0v) is 14.5. The molecule has 1 heterocycles. The summed E-state index contributed by atoms with van der Waals surface area (Å²) in [6, 6.07) is 6.99. The number of nitrogens with zero attached hydrogens (tertiary/aromatic N) is 2. The minimum absolute atomic E-state index is 0.0229. The summed E-state index contributed by atoms with van der Waals surface area (Å²) >= 11 is 5.96. The number of halogens is 1. The predicted molar refractivity (Wildman–Crippen MR) is 93.8 cm³/mol. The summed E-state index contributed by atoms with van der Waals surface area (Å²) in [4.78, 5) is 28.9. The molecule has 0 radical (unpaired) electrons. The molecule has 24 heavy (non-hydrogen) atoms. The number of piperazine rings is 1. The molecule has 5 nitrogen and oxygen atoms in total. The summed E-state index contributed by atoms with van der Waals surface area (Å²) in [6.07, 6.45) is 3.09. The second kappa shape index (κ2) is 7.53. The minimum atomic E-state index is -0.0229. The molecule has 0 spiro atoms. The molecule has 2 aliphatic rings. The average molecular weight is 350 g/mol. The van der Waals surface area contributed by atoms with Crippen LogP contribution in [0.5, 0.6) is 0 Å². The summed E-state index contributed by atoms with van der Waals surface area (Å²) in [7, 11) is 0. The monoisotopic (exact) mass is 349 g/mol. The highest BCUT2D eigenvalue weighted by Crippen LogP contribution is 2.32. The van der Waals surface area contributed by atoms with Crippen molar-refractivity contribution in [1.29, 1.82) is 0 Å². The summed E-state index contributed by atoms with van der Waals surface area (Å²) in [5, 5.41) is 0.559. The van der Waals surface area contributed by atoms with Gasteiger partial charge in [0.05, 0.1) is 0 Å². The number of nitrogens with two attached hydrogens (primary N) is 1. The number of benzene rings is 1. The number of hydrogen-bond acceptors (Lipinski definition) is 3. The van der Waals surface area contributed by atoms with Gasteiger partial charge in [0.2, 0.25) is 5.91 Å². The van der Waals surface area contributed by atoms with E-state index in [1.54, 1.807) is 29.2 Å². The van der Waals surface area contributed by atoms with E-state index in [0.29, 0.717) is 49.2 Å². The van der Waals surface area contributed by atoms with Crippen molar-refractivity contribution in [3.05, 3.63) is 34.9 Å². The lowest BCUT2D eigenvalue weighted by Crippen LogP contribution is -2.52. The molecule has 1 aliphatic carbocycles. The Morgan fingerprint density at radius 2 is 1.83 bits per heavy atom. The van der Waals surface area contributed by atoms with Gasteiger partial charge in [-0.25, -0.2) is 0 Å². The fraction of sp³-hybridized carbons (Fsp3) is 0.556. The molecule has 0 unspecified atom stereocenters. The molecule has 2 N–H and O–H groups in total. The van der Waals surface area contributed by atoms with Crippen molar-refractivity contribution in [2.45, 2.75) is 19.3 Å². The van der Waals surface area contributed by atoms with Crippen molar-refractivity contribution in [1.82, 2.24) is 9.80 Å². The molecular weight excluding hydrogens is 326 g/mol. The van der Waals surface area contributed by atoms with E-state index in [1.165, 1.54) is 0 Å². The molecule has 1 aromatic carbocycles. The molecule has 3 rings (SSSR count). The van der Waals surface area contributed by atoms with Gasteiger partial charge in [0.15, 0.2) is 0 Å². The van der Waals surface area contributed by atoms with Gasteiger partial charge in [-0.3, -0.25) is 9.59 Å². The quantitative estimate of drug-likeness (QED) is 0.907. The topological polar surface area (TPSA) is 66.6 Å². The third-order valence-corrected chi connectivity index (χ3v) is 5.46. The lowest BCUT2D eigenvalue weighted by Gasteiger charge is -2.36. The maximum atomic E-state index is 12.7. The van der Waals surface area contributed by atoms with Gasteiger partial charge in [-0.2, -0.15) is 0 Å². The van der Waals surface area contributed by atoms with Gasteiger partial charge in [-0.05, 0) is 43.5 Å². The largest absolute Gasteiger partial charge is 0.339 e. The van der Waals surface area contributed by atoms with E-state index in [1.807, 2.05) is 4.90 Å². The van der Waals surface area contributed by atoms with Crippen LogP contribution in [0.15, 0.2) is 24.3 Å². The molecule has 1 aromatic rings. The standard InChI is InChI=1S/C18H24ClN3O2/c19-15-5-1-3-13(11-15)17(23)21-7-9-22(10-8-21)18(24)16-6-2-4-14(16)12-20/h1,3,5,11,14,16H,2,4,6-10,12,20H2/t14-,16-/m1/s1. The van der Waals surface area contributed by atoms with Crippen LogP contribution in [0.4, 0.5) is 0 Å². The first-order valence-corrected chi connectivity index (χ1v) is 9.01. The lowest BCUT2D eigenvalue weighted by atomic mass is 9.94. The van der Waals surface area contributed by atoms with Crippen LogP contribution in [-0.4, -0.2) is 54.3 Å². The number of hydrogen-bond donors (Lipinski definition) is 1. The van der Waals surface area contributed by atoms with Gasteiger partial charge in [0.1, 0.15) is 0 Å². The Labute approximate surface area is 147 Å². The Morgan fingerprint density at radius 1 is 1.12 bits per heavy atom. The van der Waals surface area contributed by atoms with E-state index < -0.39 is 0 Å². The number of carbonyl (C=O) groups excluding carboxylic acids is 2. The molecular formula is C18H24ClN3O2. The van der Waals surface area contributed by atoms with Crippen LogP contribution in [0.2, 0.25) is 5.02 Å². The second-order valence-electron chi connectivity index (χ2n) is 6.66. The van der Waals surface area contributed by atoms with E-state index in [-0.39, 0.29) is 17.7 Å². The molecule has 6 heteroatoms. The van der Waals surface area contributed by atoms with Crippen LogP contribution in [0.3, 0.4) is 0 Å². The number of rotatable bonds is 3. The first-order valence-electron chi connectivity index (χ1n) is 8.64. The van der Waals surface area contributed by atoms with E-state index in [0.717, 1.165) is 19.3 Å². The van der Waals surface area contributed by atoms with Gasteiger partial charge in [0, 0.05) is 42.7 Å². The summed E-state index contributed by atoms with van der Waals surface area (Å²) in [5.74, 6) is 0.594. The van der Waals surface area contributed by atoms with Gasteiger partial charge in [-0.15, -0.1) is 0 Å². The Bertz CT molecular complexity index is 614. The van der Waals surface area contributed by atoms with E-state index in [2.05, 4.69) is 0 Å². The average Bonchev–Trinajstić information content (AvgIpc) is 3.09. The zero-order valence-electron chi connectivity index (χ0n) is 13.8. The minimum Gasteiger partial charge on any atom is -0.339 e. The number of carbonyl (C=O) groups is 2. The SMILES string of the molecule is NC[C@H]1CCC[C@H]1C(=O)N1CCN(C(=O)c2cccc(Cl)c2)CC1. The van der Waals surface area contributed by atoms with Gasteiger partial charge in [-0.1, -0.05) is 24.1 Å². The summed E-state index contributed by atoms with van der Waals surface area (Å²) in [5.41, 5.74) is 6.39. The smallest absolute Gasteiger partial charge is 0.254 e. The zero-order chi connectivity index (χ0) is 17.1. The van der Waals surface area contributed by atoms with Gasteiger partial charge < -0.3 is 15.5 Å². The Balaban J connectivity index is 1.57. The maximum Gasteiger partial charge on any atom is 0.254 e. The maximum absolute atomic E-state index is 12.7. The van der Waals surface area contributed by atoms with Crippen LogP contribution in [0.1, 0.15) is 29.6 Å². The van der Waals surface area contributed by atoms with Gasteiger partial charge in [0.25, 0.3) is 5.91 Å². The van der Waals surface area contributed by atoms with Crippen molar-refractivity contribution in [3.63, 3.8) is 0 Å². The molecule has 2 atom stereocenters. The van der Waals surface area contributed by atoms with Crippen LogP contribution in [0.25, 0.3) is 0 Å². The van der Waals surface area contributed by atoms with E-state index in [4.69, 9.17) is 17.3 Å². The Kier molecular flexibility index (Phi) is 5.41. The third-order valence-electron chi connectivity index (χ3n) is 5.23. The predicted octanol–water partition coefficient (Wildman–Crippen LogP) is 2.00. The molecule has 1 saturated carbocycles. The van der Waals surface area contributed by atoms with Crippen LogP contribution in [0, 0.1) is 11.8 Å². The van der Waals surface area contributed by atoms with Crippen molar-refractivity contribution >= 4 is 23.4 Å². The van der Waals surface area contributed by atoms with Crippen molar-refractivity contribution in [2.75, 3.05) is 32.7 Å². The fourth-order valence-corrected chi connectivity index (χ4v) is 4.00. The second-order valence-corrected chi connectivity index (χ2v) is 7.10. The van der Waals surface area contributed by atoms with Crippen LogP contribution in [-0.2, 0) is 4.79 Å². The van der Waals surface area contributed by atoms with Crippen LogP contribution < -0.4 is 5.73 Å². The summed E-state index contributed by atoms with van der Waals surface area (Å²) in [6.45, 7) is 2.91. The molecule has 2 amide bonds. The van der Waals surface area contributed by atoms with Crippen molar-refractivity contribution < 1.29 is 9.59 Å². The van der Waals surface area contributed by atoms with Crippen molar-refractivity contribution in [3.8, 4) is 0 Å². The molecule has 0 aromatic heterocycles. The molecule has 1 saturated heterocycles. The molecule has 0 bridgehead atoms. The third kappa shape index (κ3) is 3.57. The molecule has 1 aliphatic heterocycles. The Morgan fingerprint density at radius 3 is 2.50 bits per heavy atom. The van der Waals surface area contributed by atoms with Crippen molar-refractivity contribution in [2.24, 2.45) is 17.6 Å². The van der Waals surface area contributed by atoms with Gasteiger partial charge >= 0.3 is 0 Å². The number of amides is 2. The van der Waals surface area contributed by atoms with E-state index >= 15 is 0 Å². The summed E-state index contributed by atoms with van der Waals surface area (Å²) < 4.78 is 0. The highest BCUT2D eigenvalue weighted by Gasteiger charge is 2.36. The van der Waals surface area contributed by atoms with E-state index in [9.17, 15) is 9.59 Å². The first-order chi connectivity index (χ1) is 11.6. The fourth-order valence-electron chi connectivity index (χ4n) is 3.81. The lowest BCUT2D eigenvalue weighted by molar-refractivity contribution is -0.138. The molecule has 2 fully saturated rings. The first kappa shape index (κ1) is 17.2. The highest BCUT2D eigenvalue weighted by atomic mass is 35.5. The normalized spacial score (nSPS) is 24.2. The Hall–Kier alpha value is -1.59.